The van der Waals surface area contributed by atoms with Gasteiger partial charge in [-0.3, -0.25) is 4.90 Å². The van der Waals surface area contributed by atoms with E-state index in [1.807, 2.05) is 30.3 Å². The van der Waals surface area contributed by atoms with Gasteiger partial charge < -0.3 is 24.3 Å². The third-order valence-corrected chi connectivity index (χ3v) is 6.61. The normalized spacial score (nSPS) is 17.3. The first kappa shape index (κ1) is 27.2. The Morgan fingerprint density at radius 1 is 1.07 bits per heavy atom. The summed E-state index contributed by atoms with van der Waals surface area (Å²) in [6.07, 6.45) is -1.76. The number of methoxy groups -OCH3 is 3. The van der Waals surface area contributed by atoms with E-state index in [4.69, 9.17) is 34.0 Å². The molecule has 1 amide bonds. The lowest BCUT2D eigenvalue weighted by Crippen LogP contribution is -2.37. The number of amides is 1. The van der Waals surface area contributed by atoms with Crippen molar-refractivity contribution in [2.24, 2.45) is 0 Å². The van der Waals surface area contributed by atoms with Gasteiger partial charge >= 0.3 is 6.09 Å². The van der Waals surface area contributed by atoms with E-state index in [9.17, 15) is 9.18 Å². The molecule has 1 N–H and O–H groups in total. The van der Waals surface area contributed by atoms with Crippen molar-refractivity contribution in [1.82, 2.24) is 24.5 Å². The maximum atomic E-state index is 14.6. The third kappa shape index (κ3) is 5.25. The van der Waals surface area contributed by atoms with Crippen molar-refractivity contribution in [2.45, 2.75) is 51.6 Å². The van der Waals surface area contributed by atoms with Crippen LogP contribution in [-0.2, 0) is 11.3 Å². The highest BCUT2D eigenvalue weighted by molar-refractivity contribution is 5.96. The summed E-state index contributed by atoms with van der Waals surface area (Å²) in [6, 6.07) is 10.4. The molecule has 212 valence electrons. The Labute approximate surface area is 231 Å². The monoisotopic (exact) mass is 552 g/mol. The molecule has 4 aromatic rings. The Bertz CT molecular complexity index is 1550. The quantitative estimate of drug-likeness (QED) is 0.341. The fraction of sp³-hybridized carbons (Fsp3) is 0.429. The first-order valence-corrected chi connectivity index (χ1v) is 12.9. The van der Waals surface area contributed by atoms with Crippen molar-refractivity contribution in [3.63, 3.8) is 0 Å². The molecule has 40 heavy (non-hydrogen) atoms. The van der Waals surface area contributed by atoms with Crippen molar-refractivity contribution in [3.8, 4) is 17.2 Å². The van der Waals surface area contributed by atoms with Gasteiger partial charge in [0.1, 0.15) is 34.5 Å². The summed E-state index contributed by atoms with van der Waals surface area (Å²) in [4.78, 5) is 23.9. The number of anilines is 1. The lowest BCUT2D eigenvalue weighted by Gasteiger charge is -2.27. The fourth-order valence-corrected chi connectivity index (χ4v) is 4.77. The number of nitrogens with zero attached hydrogens (tertiary/aromatic N) is 5. The lowest BCUT2D eigenvalue weighted by molar-refractivity contribution is 0.0210. The molecule has 1 fully saturated rings. The molecule has 0 unspecified atom stereocenters. The molecule has 0 aliphatic carbocycles. The molecule has 0 bridgehead atoms. The van der Waals surface area contributed by atoms with Crippen LogP contribution in [0.2, 0.25) is 0 Å². The van der Waals surface area contributed by atoms with E-state index in [1.54, 1.807) is 52.7 Å². The number of benzene rings is 2. The average Bonchev–Trinajstić information content (AvgIpc) is 3.54. The number of fused-ring (bicyclic) bond motifs is 3. The number of rotatable bonds is 7. The molecule has 0 spiro atoms. The number of likely N-dealkylation sites (tertiary alicyclic amines) is 1. The van der Waals surface area contributed by atoms with Gasteiger partial charge in [0.15, 0.2) is 11.5 Å². The molecule has 5 rings (SSSR count). The van der Waals surface area contributed by atoms with Gasteiger partial charge in [-0.15, -0.1) is 5.10 Å². The summed E-state index contributed by atoms with van der Waals surface area (Å²) in [5, 5.41) is 8.75. The molecule has 1 saturated heterocycles. The van der Waals surface area contributed by atoms with E-state index in [1.165, 1.54) is 4.90 Å². The molecule has 1 aliphatic rings. The summed E-state index contributed by atoms with van der Waals surface area (Å²) >= 11 is 0. The topological polar surface area (TPSA) is 112 Å². The SMILES string of the molecule is COc1ccc(CNc2nc3c(OC)cccc3c3nc([C@@H]4C[C@H](F)CN4C(=O)OC(C)(C)C)nn23)c(OC)c1. The maximum Gasteiger partial charge on any atom is 0.411 e. The Balaban J connectivity index is 1.58. The number of nitrogens with one attached hydrogen (secondary N) is 1. The zero-order valence-electron chi connectivity index (χ0n) is 23.4. The lowest BCUT2D eigenvalue weighted by atomic mass is 10.2. The van der Waals surface area contributed by atoms with Crippen LogP contribution in [0, 0.1) is 0 Å². The van der Waals surface area contributed by atoms with Crippen LogP contribution in [-0.4, -0.2) is 70.2 Å². The van der Waals surface area contributed by atoms with Crippen molar-refractivity contribution in [2.75, 3.05) is 33.2 Å². The summed E-state index contributed by atoms with van der Waals surface area (Å²) in [7, 11) is 4.76. The van der Waals surface area contributed by atoms with Gasteiger partial charge in [-0.2, -0.15) is 4.52 Å². The second-order valence-electron chi connectivity index (χ2n) is 10.5. The number of hydrogen-bond acceptors (Lipinski definition) is 9. The van der Waals surface area contributed by atoms with Crippen molar-refractivity contribution in [1.29, 1.82) is 0 Å². The summed E-state index contributed by atoms with van der Waals surface area (Å²) < 4.78 is 38.2. The molecular formula is C28H33FN6O5. The molecule has 3 heterocycles. The number of hydrogen-bond donors (Lipinski definition) is 1. The zero-order valence-corrected chi connectivity index (χ0v) is 23.4. The highest BCUT2D eigenvalue weighted by Crippen LogP contribution is 2.36. The highest BCUT2D eigenvalue weighted by Gasteiger charge is 2.41. The van der Waals surface area contributed by atoms with Crippen molar-refractivity contribution < 1.29 is 28.1 Å². The van der Waals surface area contributed by atoms with E-state index in [-0.39, 0.29) is 13.0 Å². The molecule has 2 aromatic heterocycles. The minimum Gasteiger partial charge on any atom is -0.497 e. The van der Waals surface area contributed by atoms with Crippen LogP contribution in [0.3, 0.4) is 0 Å². The minimum absolute atomic E-state index is 0.0661. The van der Waals surface area contributed by atoms with Gasteiger partial charge in [-0.05, 0) is 45.0 Å². The minimum atomic E-state index is -1.22. The number of carbonyl (C=O) groups excluding carboxylic acids is 1. The number of ether oxygens (including phenoxy) is 4. The van der Waals surface area contributed by atoms with Crippen molar-refractivity contribution >= 4 is 28.6 Å². The van der Waals surface area contributed by atoms with Crippen LogP contribution >= 0.6 is 0 Å². The standard InChI is InChI=1S/C28H33FN6O5/c1-28(2,3)40-27(36)34-15-17(29)12-20(34)24-32-25-19-8-7-9-21(38-5)23(19)31-26(35(25)33-24)30-14-16-10-11-18(37-4)13-22(16)39-6/h7-11,13,17,20H,12,14-15H2,1-6H3,(H,30,31)/t17-,20-/m0/s1. The fourth-order valence-electron chi connectivity index (χ4n) is 4.77. The third-order valence-electron chi connectivity index (χ3n) is 6.61. The number of alkyl halides is 1. The molecule has 2 atom stereocenters. The molecule has 12 heteroatoms. The van der Waals surface area contributed by atoms with Gasteiger partial charge in [0.2, 0.25) is 5.95 Å². The predicted molar refractivity (Wildman–Crippen MR) is 147 cm³/mol. The number of para-hydroxylation sites is 1. The van der Waals surface area contributed by atoms with E-state index in [0.717, 1.165) is 5.56 Å². The smallest absolute Gasteiger partial charge is 0.411 e. The van der Waals surface area contributed by atoms with Crippen LogP contribution in [0.15, 0.2) is 36.4 Å². The summed E-state index contributed by atoms with van der Waals surface area (Å²) in [5.74, 6) is 2.58. The van der Waals surface area contributed by atoms with Crippen molar-refractivity contribution in [3.05, 3.63) is 47.8 Å². The van der Waals surface area contributed by atoms with E-state index >= 15 is 0 Å². The molecule has 11 nitrogen and oxygen atoms in total. The van der Waals surface area contributed by atoms with Crippen LogP contribution in [0.4, 0.5) is 15.1 Å². The van der Waals surface area contributed by atoms with Crippen LogP contribution in [0.1, 0.15) is 44.6 Å². The van der Waals surface area contributed by atoms with Gasteiger partial charge in [-0.1, -0.05) is 6.07 Å². The average molecular weight is 553 g/mol. The van der Waals surface area contributed by atoms with Gasteiger partial charge in [0.25, 0.3) is 0 Å². The summed E-state index contributed by atoms with van der Waals surface area (Å²) in [5.41, 5.74) is 1.22. The number of carbonyl (C=O) groups is 1. The number of halogens is 1. The van der Waals surface area contributed by atoms with Crippen LogP contribution in [0.25, 0.3) is 16.6 Å². The molecule has 2 aromatic carbocycles. The first-order valence-electron chi connectivity index (χ1n) is 12.9. The Hall–Kier alpha value is -4.35. The van der Waals surface area contributed by atoms with E-state index in [0.29, 0.717) is 52.1 Å². The summed E-state index contributed by atoms with van der Waals surface area (Å²) in [6.45, 7) is 5.57. The Kier molecular flexibility index (Phi) is 7.26. The second-order valence-corrected chi connectivity index (χ2v) is 10.5. The van der Waals surface area contributed by atoms with Gasteiger partial charge in [0, 0.05) is 30.0 Å². The van der Waals surface area contributed by atoms with Gasteiger partial charge in [-0.25, -0.2) is 19.2 Å². The Morgan fingerprint density at radius 3 is 2.55 bits per heavy atom. The molecular weight excluding hydrogens is 519 g/mol. The number of aromatic nitrogens is 4. The second kappa shape index (κ2) is 10.7. The predicted octanol–water partition coefficient (Wildman–Crippen LogP) is 4.94. The van der Waals surface area contributed by atoms with Crippen LogP contribution < -0.4 is 19.5 Å². The van der Waals surface area contributed by atoms with Crippen LogP contribution in [0.5, 0.6) is 17.2 Å². The molecule has 0 saturated carbocycles. The molecule has 1 aliphatic heterocycles. The van der Waals surface area contributed by atoms with E-state index < -0.39 is 23.9 Å². The highest BCUT2D eigenvalue weighted by atomic mass is 19.1. The first-order chi connectivity index (χ1) is 19.1. The maximum absolute atomic E-state index is 14.6. The van der Waals surface area contributed by atoms with E-state index in [2.05, 4.69) is 5.32 Å². The Morgan fingerprint density at radius 2 is 1.85 bits per heavy atom. The molecule has 0 radical (unpaired) electrons. The largest absolute Gasteiger partial charge is 0.497 e. The van der Waals surface area contributed by atoms with Gasteiger partial charge in [0.05, 0.1) is 33.9 Å². The zero-order chi connectivity index (χ0) is 28.6.